The molecule has 0 aliphatic carbocycles. The lowest BCUT2D eigenvalue weighted by Crippen LogP contribution is -2.12. The minimum absolute atomic E-state index is 0.0410. The zero-order valence-electron chi connectivity index (χ0n) is 40.2. The molecule has 29 heteroatoms. The number of fused-ring (bicyclic) bond motifs is 2. The molecule has 10 heterocycles. The SMILES string of the molecule is CS(=O)(=O)c1nc(N)n2nc(-c3ccco3)nc2n1.NCCc1ccc(-c2nnn(Cc3cccnc3)n2)cc1.Nc1nc(NCCc2ccc(-c3nnn(Cc4cccnc4)n3)cc2)nc2nc(-c3ccco3)nn12. The highest BCUT2D eigenvalue weighted by atomic mass is 32.2. The van der Waals surface area contributed by atoms with Crippen LogP contribution in [-0.2, 0) is 35.8 Å². The molecule has 0 bridgehead atoms. The van der Waals surface area contributed by atoms with Gasteiger partial charge in [-0.15, -0.1) is 30.6 Å². The van der Waals surface area contributed by atoms with E-state index in [-0.39, 0.29) is 23.5 Å². The third kappa shape index (κ3) is 12.0. The second-order valence-electron chi connectivity index (χ2n) is 16.4. The van der Waals surface area contributed by atoms with Crippen molar-refractivity contribution in [2.45, 2.75) is 31.1 Å². The van der Waals surface area contributed by atoms with Crippen molar-refractivity contribution in [3.63, 3.8) is 0 Å². The second kappa shape index (κ2) is 22.2. The van der Waals surface area contributed by atoms with E-state index in [1.54, 1.807) is 64.9 Å². The molecule has 10 aromatic heterocycles. The highest BCUT2D eigenvalue weighted by molar-refractivity contribution is 7.90. The molecule has 382 valence electrons. The summed E-state index contributed by atoms with van der Waals surface area (Å²) in [5.41, 5.74) is 23.5. The van der Waals surface area contributed by atoms with Gasteiger partial charge in [0.2, 0.25) is 51.0 Å². The zero-order valence-corrected chi connectivity index (χ0v) is 41.0. The summed E-state index contributed by atoms with van der Waals surface area (Å²) in [4.78, 5) is 35.9. The molecule has 0 unspecified atom stereocenters. The Labute approximate surface area is 430 Å². The molecule has 0 fully saturated rings. The van der Waals surface area contributed by atoms with Crippen molar-refractivity contribution in [2.24, 2.45) is 5.73 Å². The fourth-order valence-electron chi connectivity index (χ4n) is 7.14. The predicted molar refractivity (Wildman–Crippen MR) is 273 cm³/mol. The van der Waals surface area contributed by atoms with E-state index < -0.39 is 15.0 Å². The van der Waals surface area contributed by atoms with Crippen LogP contribution < -0.4 is 22.5 Å². The molecule has 2 aromatic carbocycles. The Morgan fingerprint density at radius 1 is 0.553 bits per heavy atom. The largest absolute Gasteiger partial charge is 0.461 e. The van der Waals surface area contributed by atoms with E-state index in [0.29, 0.717) is 66.9 Å². The van der Waals surface area contributed by atoms with E-state index in [0.717, 1.165) is 51.4 Å². The number of nitrogens with one attached hydrogen (secondary N) is 1. The maximum atomic E-state index is 11.4. The van der Waals surface area contributed by atoms with Gasteiger partial charge in [0.1, 0.15) is 0 Å². The standard InChI is InChI=1S/C23H20N12O.C15H16N6.C9H8N6O3S/c24-21-28-22(29-23-27-20(32-35(21)23)18-4-2-12-36-18)26-11-9-15-5-7-17(8-6-15)19-30-33-34(31-19)14-16-3-1-10-25-13-16;16-8-7-12-3-5-14(6-4-12)15-18-20-21(19-15)11-13-2-1-9-17-10-13;1-19(16,17)9-12-7(10)15-8(13-9)11-6(14-15)5-3-2-4-18-5/h1-8,10,12-13H,9,11,14H2,(H3,24,26,27,28,29,32);1-6,9-10H,7-8,11,16H2;2-4H,1H3,(H2,10,11,12,13,14). The fraction of sp³-hybridized carbons (Fsp3) is 0.149. The van der Waals surface area contributed by atoms with Gasteiger partial charge in [-0.25, -0.2) is 8.42 Å². The first-order chi connectivity index (χ1) is 37.0. The number of anilines is 3. The molecule has 0 saturated heterocycles. The number of benzene rings is 2. The Kier molecular flexibility index (Phi) is 14.4. The molecule has 0 amide bonds. The Morgan fingerprint density at radius 3 is 1.54 bits per heavy atom. The monoisotopic (exact) mass is 1040 g/mol. The van der Waals surface area contributed by atoms with Gasteiger partial charge in [0.15, 0.2) is 11.5 Å². The normalized spacial score (nSPS) is 11.3. The summed E-state index contributed by atoms with van der Waals surface area (Å²) in [5.74, 6) is 3.61. The van der Waals surface area contributed by atoms with Gasteiger partial charge in [0.05, 0.1) is 25.6 Å². The van der Waals surface area contributed by atoms with Crippen LogP contribution in [0.25, 0.3) is 57.5 Å². The first kappa shape index (κ1) is 49.3. The first-order valence-electron chi connectivity index (χ1n) is 23.1. The first-order valence-corrected chi connectivity index (χ1v) is 24.9. The molecular weight excluding hydrogens is 997 g/mol. The van der Waals surface area contributed by atoms with Crippen molar-refractivity contribution < 1.29 is 17.3 Å². The maximum absolute atomic E-state index is 11.4. The number of hydrogen-bond acceptors (Lipinski definition) is 24. The molecule has 76 heavy (non-hydrogen) atoms. The van der Waals surface area contributed by atoms with E-state index in [2.05, 4.69) is 86.2 Å². The maximum Gasteiger partial charge on any atom is 0.259 e. The van der Waals surface area contributed by atoms with E-state index in [9.17, 15) is 8.42 Å². The van der Waals surface area contributed by atoms with Crippen LogP contribution >= 0.6 is 0 Å². The summed E-state index contributed by atoms with van der Waals surface area (Å²) in [6.45, 7) is 2.33. The predicted octanol–water partition coefficient (Wildman–Crippen LogP) is 3.16. The zero-order chi connectivity index (χ0) is 52.4. The van der Waals surface area contributed by atoms with E-state index in [1.165, 1.54) is 16.3 Å². The van der Waals surface area contributed by atoms with Gasteiger partial charge < -0.3 is 31.4 Å². The van der Waals surface area contributed by atoms with Gasteiger partial charge in [0, 0.05) is 48.7 Å². The van der Waals surface area contributed by atoms with Crippen molar-refractivity contribution in [1.82, 2.24) is 99.5 Å². The van der Waals surface area contributed by atoms with Gasteiger partial charge in [-0.1, -0.05) is 60.7 Å². The Bertz CT molecular complexity index is 3920. The van der Waals surface area contributed by atoms with Crippen LogP contribution in [-0.4, -0.2) is 127 Å². The van der Waals surface area contributed by atoms with Crippen molar-refractivity contribution in [3.8, 4) is 45.9 Å². The van der Waals surface area contributed by atoms with Gasteiger partial charge in [-0.3, -0.25) is 9.97 Å². The molecule has 12 rings (SSSR count). The Hall–Kier alpha value is -10.3. The van der Waals surface area contributed by atoms with Crippen LogP contribution in [0.15, 0.2) is 148 Å². The smallest absolute Gasteiger partial charge is 0.259 e. The molecule has 12 aromatic rings. The van der Waals surface area contributed by atoms with Crippen molar-refractivity contribution in [2.75, 3.05) is 36.1 Å². The fourth-order valence-corrected chi connectivity index (χ4v) is 7.65. The molecule has 0 atom stereocenters. The van der Waals surface area contributed by atoms with Crippen LogP contribution in [0.1, 0.15) is 22.3 Å². The van der Waals surface area contributed by atoms with Crippen molar-refractivity contribution in [3.05, 3.63) is 157 Å². The summed E-state index contributed by atoms with van der Waals surface area (Å²) < 4.78 is 35.8. The molecule has 7 N–H and O–H groups in total. The van der Waals surface area contributed by atoms with Crippen molar-refractivity contribution >= 4 is 39.2 Å². The van der Waals surface area contributed by atoms with E-state index >= 15 is 0 Å². The number of tetrazole rings is 2. The lowest BCUT2D eigenvalue weighted by Gasteiger charge is -2.06. The molecule has 0 spiro atoms. The second-order valence-corrected chi connectivity index (χ2v) is 18.3. The van der Waals surface area contributed by atoms with Crippen LogP contribution in [0.5, 0.6) is 0 Å². The number of aromatic nitrogens is 20. The van der Waals surface area contributed by atoms with Gasteiger partial charge >= 0.3 is 0 Å². The Balaban J connectivity index is 0.000000140. The third-order valence-electron chi connectivity index (χ3n) is 10.8. The number of sulfone groups is 1. The highest BCUT2D eigenvalue weighted by Gasteiger charge is 2.19. The Morgan fingerprint density at radius 2 is 1.07 bits per heavy atom. The number of pyridine rings is 2. The summed E-state index contributed by atoms with van der Waals surface area (Å²) in [5, 5.41) is 36.5. The number of hydrogen-bond donors (Lipinski definition) is 4. The molecule has 0 aliphatic rings. The summed E-state index contributed by atoms with van der Waals surface area (Å²) in [6.07, 6.45) is 12.7. The number of rotatable bonds is 15. The quantitative estimate of drug-likeness (QED) is 0.114. The summed E-state index contributed by atoms with van der Waals surface area (Å²) in [6, 6.07) is 30.7. The number of furan rings is 2. The third-order valence-corrected chi connectivity index (χ3v) is 11.7. The average molecular weight is 1040 g/mol. The lowest BCUT2D eigenvalue weighted by atomic mass is 10.1. The van der Waals surface area contributed by atoms with Gasteiger partial charge in [-0.05, 0) is 88.5 Å². The number of nitrogen functional groups attached to an aromatic ring is 2. The highest BCUT2D eigenvalue weighted by Crippen LogP contribution is 2.21. The van der Waals surface area contributed by atoms with E-state index in [4.69, 9.17) is 26.0 Å². The number of nitrogens with zero attached hydrogens (tertiary/aromatic N) is 20. The van der Waals surface area contributed by atoms with E-state index in [1.807, 2.05) is 72.8 Å². The topological polar surface area (TPSA) is 375 Å². The molecular formula is C47H44N24O4S. The molecule has 0 saturated carbocycles. The van der Waals surface area contributed by atoms with Gasteiger partial charge in [-0.2, -0.15) is 48.5 Å². The van der Waals surface area contributed by atoms with Crippen molar-refractivity contribution in [1.29, 1.82) is 0 Å². The molecule has 0 aliphatic heterocycles. The molecule has 28 nitrogen and oxygen atoms in total. The minimum atomic E-state index is -3.57. The van der Waals surface area contributed by atoms with Crippen LogP contribution in [0.2, 0.25) is 0 Å². The van der Waals surface area contributed by atoms with Crippen LogP contribution in [0.3, 0.4) is 0 Å². The molecule has 0 radical (unpaired) electrons. The van der Waals surface area contributed by atoms with Crippen LogP contribution in [0, 0.1) is 0 Å². The average Bonchev–Trinajstić information content (AvgIpc) is 4.30. The lowest BCUT2D eigenvalue weighted by molar-refractivity contribution is 0.572. The summed E-state index contributed by atoms with van der Waals surface area (Å²) >= 11 is 0. The van der Waals surface area contributed by atoms with Gasteiger partial charge in [0.25, 0.3) is 16.7 Å². The van der Waals surface area contributed by atoms with Crippen LogP contribution in [0.4, 0.5) is 17.8 Å². The minimum Gasteiger partial charge on any atom is -0.461 e. The summed E-state index contributed by atoms with van der Waals surface area (Å²) in [7, 11) is -3.57. The number of nitrogens with two attached hydrogens (primary N) is 3.